The van der Waals surface area contributed by atoms with Crippen molar-refractivity contribution in [1.82, 2.24) is 0 Å². The predicted octanol–water partition coefficient (Wildman–Crippen LogP) is 36.2. The van der Waals surface area contributed by atoms with Gasteiger partial charge in [-0.05, 0) is 236 Å². The first-order valence-electron chi connectivity index (χ1n) is 41.1. The number of thiophene rings is 3. The van der Waals surface area contributed by atoms with Crippen LogP contribution in [0.25, 0.3) is 204 Å². The number of para-hydroxylation sites is 2. The maximum absolute atomic E-state index is 8.66. The van der Waals surface area contributed by atoms with Gasteiger partial charge in [-0.15, -0.1) is 34.0 Å². The number of benzene rings is 18. The normalized spacial score (nSPS) is 12.3. The largest absolute Gasteiger partial charge is 0.456 e. The molecule has 11 heteroatoms. The Morgan fingerprint density at radius 2 is 0.564 bits per heavy atom. The monoisotopic (exact) mass is 1880 g/mol. The Hall–Kier alpha value is -11.3. The van der Waals surface area contributed by atoms with Gasteiger partial charge in [-0.25, -0.2) is 0 Å². The molecule has 0 amide bonds. The molecule has 117 heavy (non-hydrogen) atoms. The maximum atomic E-state index is 8.66. The van der Waals surface area contributed by atoms with Gasteiger partial charge < -0.3 is 13.3 Å². The maximum Gasteiger partial charge on any atom is 0.136 e. The topological polar surface area (TPSA) is 39.4 Å². The van der Waals surface area contributed by atoms with E-state index in [2.05, 4.69) is 328 Å². The number of halogens is 5. The fourth-order valence-electron chi connectivity index (χ4n) is 15.4. The summed E-state index contributed by atoms with van der Waals surface area (Å²) in [5, 5.41) is 14.3. The fraction of sp³-hybridized carbons (Fsp3) is 0. The van der Waals surface area contributed by atoms with E-state index in [1.165, 1.54) is 105 Å². The second kappa shape index (κ2) is 32.3. The minimum atomic E-state index is -0.467. The van der Waals surface area contributed by atoms with Crippen LogP contribution in [-0.2, 0) is 0 Å². The van der Waals surface area contributed by atoms with Crippen molar-refractivity contribution in [1.29, 1.82) is 0 Å². The third kappa shape index (κ3) is 15.1. The molecule has 0 spiro atoms. The van der Waals surface area contributed by atoms with E-state index in [1.807, 2.05) is 113 Å². The van der Waals surface area contributed by atoms with Crippen LogP contribution in [0.4, 0.5) is 0 Å². The van der Waals surface area contributed by atoms with Crippen LogP contribution >= 0.6 is 114 Å². The molecule has 0 radical (unpaired) electrons. The van der Waals surface area contributed by atoms with E-state index in [0.29, 0.717) is 16.7 Å². The van der Waals surface area contributed by atoms with E-state index in [1.54, 1.807) is 12.1 Å². The van der Waals surface area contributed by atoms with Crippen LogP contribution in [-0.4, -0.2) is 0 Å². The van der Waals surface area contributed by atoms with Gasteiger partial charge in [0.1, 0.15) is 33.5 Å². The van der Waals surface area contributed by atoms with Crippen molar-refractivity contribution in [3.05, 3.63) is 404 Å². The Labute approximate surface area is 737 Å². The summed E-state index contributed by atoms with van der Waals surface area (Å²) in [6.45, 7) is 0. The lowest BCUT2D eigenvalue weighted by Crippen LogP contribution is -1.81. The van der Waals surface area contributed by atoms with E-state index in [0.717, 1.165) is 88.3 Å². The molecule has 6 aromatic heterocycles. The Morgan fingerprint density at radius 3 is 1.16 bits per heavy atom. The molecule has 0 atom stereocenters. The van der Waals surface area contributed by atoms with Crippen molar-refractivity contribution in [3.63, 3.8) is 0 Å². The third-order valence-electron chi connectivity index (χ3n) is 21.0. The van der Waals surface area contributed by atoms with Crippen molar-refractivity contribution in [2.75, 3.05) is 0 Å². The van der Waals surface area contributed by atoms with Gasteiger partial charge in [0.05, 0.1) is 9.60 Å². The van der Waals surface area contributed by atoms with Gasteiger partial charge in [-0.3, -0.25) is 0 Å². The van der Waals surface area contributed by atoms with Gasteiger partial charge >= 0.3 is 0 Å². The highest BCUT2D eigenvalue weighted by atomic mass is 79.9. The number of hydrogen-bond acceptors (Lipinski definition) is 6. The molecule has 3 nitrogen and oxygen atoms in total. The number of fused-ring (bicyclic) bond motifs is 19. The van der Waals surface area contributed by atoms with Gasteiger partial charge in [-0.1, -0.05) is 298 Å². The fourth-order valence-corrected chi connectivity index (χ4v) is 20.4. The summed E-state index contributed by atoms with van der Waals surface area (Å²) in [7, 11) is 0. The highest BCUT2D eigenvalue weighted by molar-refractivity contribution is 9.11. The Bertz CT molecular complexity index is 8350. The summed E-state index contributed by atoms with van der Waals surface area (Å²) < 4.78 is 90.2. The standard InChI is InChI=1S/C28H17BrO.C24H13BrOS.C24H15BrO.C18H11BrS.C12H7BrS/c29-22-12-8-18(9-13-22)20-10-14-27-25(16-20)26-17-21(11-15-28(26)30-27)24-7-3-5-19-4-1-2-6-23(19)24;25-15-12-19(24-20(13-15)18-6-2-4-8-23(18)27-24)14-9-10-17-16-5-1-3-7-21(16)26-22(17)11-14;25-20-11-8-16(9-12-20)17-4-3-5-18(14-17)19-10-13-22-21-6-1-2-7-23(21)26-24(22)15-19;19-14-8-5-12(6-9-14)13-7-10-18-16(11-13)15-3-1-2-4-17(15)20-18;13-8-5-6-12-10(7-8)9-3-1-2-4-11(9)14-12/h1-17H;1-13H;1-15H;1-11H;1-7H/i1D,2D,3D,4D,5D,6D,7D;;;;. The molecule has 0 fully saturated rings. The van der Waals surface area contributed by atoms with Gasteiger partial charge in [0, 0.05) is 121 Å². The SMILES string of the molecule is Brc1cc(-c2ccc3c(c2)oc2ccccc23)c2sc3ccccc3c2c1.Brc1ccc(-c2ccc3sc4ccccc4c3c2)cc1.Brc1ccc(-c2cccc(-c3ccc4c(c3)oc3ccccc34)c2)cc1.Brc1ccc2sc3ccccc3c2c1.[2H]c1c([2H])c([2H])c2c(-c3ccc4oc5ccc(-c6ccc(Br)cc6)cc5c4c3)c([2H])c([2H])c([2H])c2c1[2H]. The summed E-state index contributed by atoms with van der Waals surface area (Å²) in [6.07, 6.45) is 0. The predicted molar refractivity (Wildman–Crippen MR) is 521 cm³/mol. The highest BCUT2D eigenvalue weighted by Gasteiger charge is 2.18. The van der Waals surface area contributed by atoms with Crippen LogP contribution in [0, 0.1) is 0 Å². The molecule has 24 aromatic rings. The molecular weight excluding hydrogens is 1820 g/mol. The molecule has 0 saturated carbocycles. The molecule has 0 bridgehead atoms. The minimum absolute atomic E-state index is 0.0586. The first kappa shape index (κ1) is 66.8. The summed E-state index contributed by atoms with van der Waals surface area (Å²) >= 11 is 23.2. The van der Waals surface area contributed by atoms with E-state index in [4.69, 9.17) is 22.8 Å². The average molecular weight is 1890 g/mol. The second-order valence-corrected chi connectivity index (χ2v) is 36.0. The second-order valence-electron chi connectivity index (χ2n) is 28.2. The zero-order valence-electron chi connectivity index (χ0n) is 68.7. The quantitative estimate of drug-likeness (QED) is 0.167. The molecule has 18 aromatic carbocycles. The Kier molecular flexibility index (Phi) is 18.4. The van der Waals surface area contributed by atoms with Crippen LogP contribution in [0.5, 0.6) is 0 Å². The van der Waals surface area contributed by atoms with Crippen LogP contribution in [0.15, 0.2) is 418 Å². The van der Waals surface area contributed by atoms with Crippen LogP contribution in [0.1, 0.15) is 9.60 Å². The van der Waals surface area contributed by atoms with E-state index >= 15 is 0 Å². The zero-order valence-corrected chi connectivity index (χ0v) is 72.1. The summed E-state index contributed by atoms with van der Waals surface area (Å²) in [5.41, 5.74) is 17.5. The summed E-state index contributed by atoms with van der Waals surface area (Å²) in [4.78, 5) is 0. The van der Waals surface area contributed by atoms with Crippen LogP contribution in [0.2, 0.25) is 0 Å². The first-order chi connectivity index (χ1) is 60.4. The van der Waals surface area contributed by atoms with E-state index < -0.39 is 12.1 Å². The van der Waals surface area contributed by atoms with E-state index in [9.17, 15) is 0 Å². The zero-order chi connectivity index (χ0) is 84.7. The Balaban J connectivity index is 0.000000101. The van der Waals surface area contributed by atoms with Crippen LogP contribution in [0.3, 0.4) is 0 Å². The summed E-state index contributed by atoms with van der Waals surface area (Å²) in [6, 6.07) is 115. The number of furan rings is 3. The van der Waals surface area contributed by atoms with Crippen molar-refractivity contribution >= 4 is 251 Å². The molecule has 0 N–H and O–H groups in total. The lowest BCUT2D eigenvalue weighted by atomic mass is 9.96. The van der Waals surface area contributed by atoms with Crippen molar-refractivity contribution in [2.24, 2.45) is 0 Å². The first-order valence-corrected chi connectivity index (χ1v) is 44.1. The van der Waals surface area contributed by atoms with Crippen molar-refractivity contribution in [3.8, 4) is 66.8 Å². The smallest absolute Gasteiger partial charge is 0.136 e. The van der Waals surface area contributed by atoms with Gasteiger partial charge in [0.25, 0.3) is 0 Å². The molecule has 0 aliphatic rings. The molecular formula is C106H63Br5O3S3. The third-order valence-corrected chi connectivity index (χ3v) is 27.1. The van der Waals surface area contributed by atoms with Crippen molar-refractivity contribution in [2.45, 2.75) is 0 Å². The summed E-state index contributed by atoms with van der Waals surface area (Å²) in [5.74, 6) is 0. The highest BCUT2D eigenvalue weighted by Crippen LogP contribution is 2.46. The minimum Gasteiger partial charge on any atom is -0.456 e. The van der Waals surface area contributed by atoms with E-state index in [-0.39, 0.29) is 46.5 Å². The average Bonchev–Trinajstić information content (AvgIpc) is 0.968. The molecule has 0 unspecified atom stereocenters. The van der Waals surface area contributed by atoms with Gasteiger partial charge in [0.2, 0.25) is 0 Å². The Morgan fingerprint density at radius 1 is 0.197 bits per heavy atom. The molecule has 0 aliphatic heterocycles. The molecule has 24 rings (SSSR count). The molecule has 0 aliphatic carbocycles. The van der Waals surface area contributed by atoms with Gasteiger partial charge in [0.15, 0.2) is 0 Å². The number of rotatable bonds is 6. The lowest BCUT2D eigenvalue weighted by Gasteiger charge is -2.07. The number of hydrogen-bond donors (Lipinski definition) is 0. The molecule has 0 saturated heterocycles. The van der Waals surface area contributed by atoms with Crippen molar-refractivity contribution < 1.29 is 22.8 Å². The molecule has 6 heterocycles. The molecule has 558 valence electrons. The lowest BCUT2D eigenvalue weighted by molar-refractivity contribution is 0.668. The van der Waals surface area contributed by atoms with Gasteiger partial charge in [-0.2, -0.15) is 0 Å². The van der Waals surface area contributed by atoms with Crippen LogP contribution < -0.4 is 0 Å².